The monoisotopic (exact) mass is 314 g/mol. The van der Waals surface area contributed by atoms with Crippen molar-refractivity contribution in [2.45, 2.75) is 32.5 Å². The molecule has 0 saturated carbocycles. The Bertz CT molecular complexity index is 637. The van der Waals surface area contributed by atoms with Crippen molar-refractivity contribution in [2.24, 2.45) is 0 Å². The zero-order valence-corrected chi connectivity index (χ0v) is 14.2. The van der Waals surface area contributed by atoms with Crippen LogP contribution in [0.3, 0.4) is 0 Å². The zero-order chi connectivity index (χ0) is 16.2. The Balaban J connectivity index is 1.86. The third-order valence-electron chi connectivity index (χ3n) is 4.46. The first kappa shape index (κ1) is 16.0. The fourth-order valence-electron chi connectivity index (χ4n) is 3.32. The first-order valence-corrected chi connectivity index (χ1v) is 8.30. The maximum absolute atomic E-state index is 5.57. The quantitative estimate of drug-likeness (QED) is 0.921. The third-order valence-corrected chi connectivity index (χ3v) is 4.46. The topological polar surface area (TPSA) is 42.3 Å². The molecule has 1 aliphatic rings. The van der Waals surface area contributed by atoms with Gasteiger partial charge >= 0.3 is 0 Å². The van der Waals surface area contributed by atoms with Crippen LogP contribution in [0.4, 0.5) is 0 Å². The van der Waals surface area contributed by atoms with E-state index in [1.54, 1.807) is 7.11 Å². The van der Waals surface area contributed by atoms with Gasteiger partial charge in [-0.15, -0.1) is 0 Å². The van der Waals surface area contributed by atoms with Crippen LogP contribution in [-0.2, 0) is 6.54 Å². The number of nitrogens with zero attached hydrogens (tertiary/aromatic N) is 3. The predicted molar refractivity (Wildman–Crippen MR) is 91.6 cm³/mol. The summed E-state index contributed by atoms with van der Waals surface area (Å²) in [5.41, 5.74) is 2.51. The third kappa shape index (κ3) is 3.41. The van der Waals surface area contributed by atoms with Gasteiger partial charge in [-0.2, -0.15) is 5.10 Å². The average Bonchev–Trinajstić information content (AvgIpc) is 3.04. The van der Waals surface area contributed by atoms with Gasteiger partial charge in [0.05, 0.1) is 18.8 Å². The average molecular weight is 314 g/mol. The van der Waals surface area contributed by atoms with E-state index in [-0.39, 0.29) is 0 Å². The van der Waals surface area contributed by atoms with E-state index in [0.29, 0.717) is 12.1 Å². The van der Waals surface area contributed by atoms with Crippen LogP contribution in [0.15, 0.2) is 36.5 Å². The second-order valence-corrected chi connectivity index (χ2v) is 6.29. The zero-order valence-electron chi connectivity index (χ0n) is 14.2. The normalized spacial score (nSPS) is 19.2. The summed E-state index contributed by atoms with van der Waals surface area (Å²) >= 11 is 0. The van der Waals surface area contributed by atoms with Gasteiger partial charge in [-0.05, 0) is 26.0 Å². The highest BCUT2D eigenvalue weighted by molar-refractivity contribution is 5.36. The molecule has 124 valence electrons. The van der Waals surface area contributed by atoms with E-state index >= 15 is 0 Å². The number of ether oxygens (including phenoxy) is 1. The molecule has 1 aromatic carbocycles. The number of methoxy groups -OCH3 is 1. The van der Waals surface area contributed by atoms with E-state index in [1.165, 1.54) is 11.3 Å². The van der Waals surface area contributed by atoms with Gasteiger partial charge in [0.1, 0.15) is 5.75 Å². The fraction of sp³-hybridized carbons (Fsp3) is 0.500. The Hall–Kier alpha value is -1.85. The van der Waals surface area contributed by atoms with Crippen LogP contribution in [0.5, 0.6) is 5.75 Å². The molecule has 1 aromatic heterocycles. The first-order valence-electron chi connectivity index (χ1n) is 8.30. The SMILES string of the molecule is COc1ccccc1C1CNCCN1Cc1ccnn1C(C)C. The molecule has 5 nitrogen and oxygen atoms in total. The van der Waals surface area contributed by atoms with Crippen molar-refractivity contribution >= 4 is 0 Å². The van der Waals surface area contributed by atoms with Crippen LogP contribution in [0.25, 0.3) is 0 Å². The maximum atomic E-state index is 5.57. The molecule has 3 rings (SSSR count). The van der Waals surface area contributed by atoms with Crippen molar-refractivity contribution < 1.29 is 4.74 Å². The Morgan fingerprint density at radius 2 is 2.13 bits per heavy atom. The Kier molecular flexibility index (Phi) is 4.98. The summed E-state index contributed by atoms with van der Waals surface area (Å²) in [6.07, 6.45) is 1.90. The molecule has 0 aliphatic carbocycles. The fourth-order valence-corrected chi connectivity index (χ4v) is 3.32. The molecule has 2 heterocycles. The van der Waals surface area contributed by atoms with Crippen LogP contribution in [-0.4, -0.2) is 41.4 Å². The summed E-state index contributed by atoms with van der Waals surface area (Å²) in [4.78, 5) is 2.52. The number of rotatable bonds is 5. The largest absolute Gasteiger partial charge is 0.496 e. The second kappa shape index (κ2) is 7.15. The highest BCUT2D eigenvalue weighted by atomic mass is 16.5. The van der Waals surface area contributed by atoms with Crippen molar-refractivity contribution in [3.63, 3.8) is 0 Å². The molecule has 1 atom stereocenters. The Labute approximate surface area is 138 Å². The van der Waals surface area contributed by atoms with Crippen molar-refractivity contribution in [2.75, 3.05) is 26.7 Å². The Morgan fingerprint density at radius 3 is 2.91 bits per heavy atom. The molecule has 0 bridgehead atoms. The van der Waals surface area contributed by atoms with E-state index in [9.17, 15) is 0 Å². The predicted octanol–water partition coefficient (Wildman–Crippen LogP) is 2.62. The molecule has 1 saturated heterocycles. The lowest BCUT2D eigenvalue weighted by Gasteiger charge is -2.37. The smallest absolute Gasteiger partial charge is 0.123 e. The maximum Gasteiger partial charge on any atom is 0.123 e. The molecule has 1 unspecified atom stereocenters. The van der Waals surface area contributed by atoms with Gasteiger partial charge in [0.15, 0.2) is 0 Å². The van der Waals surface area contributed by atoms with Crippen molar-refractivity contribution in [3.05, 3.63) is 47.8 Å². The molecule has 1 fully saturated rings. The van der Waals surface area contributed by atoms with E-state index in [0.717, 1.165) is 31.9 Å². The summed E-state index contributed by atoms with van der Waals surface area (Å²) in [6.45, 7) is 8.23. The summed E-state index contributed by atoms with van der Waals surface area (Å²) in [5.74, 6) is 0.962. The van der Waals surface area contributed by atoms with E-state index < -0.39 is 0 Å². The van der Waals surface area contributed by atoms with Gasteiger partial charge in [-0.1, -0.05) is 18.2 Å². The summed E-state index contributed by atoms with van der Waals surface area (Å²) in [7, 11) is 1.74. The van der Waals surface area contributed by atoms with E-state index in [2.05, 4.69) is 52.0 Å². The summed E-state index contributed by atoms with van der Waals surface area (Å²) in [5, 5.41) is 7.97. The van der Waals surface area contributed by atoms with Gasteiger partial charge in [-0.3, -0.25) is 9.58 Å². The molecule has 1 aliphatic heterocycles. The van der Waals surface area contributed by atoms with Crippen LogP contribution < -0.4 is 10.1 Å². The van der Waals surface area contributed by atoms with Gasteiger partial charge in [-0.25, -0.2) is 0 Å². The van der Waals surface area contributed by atoms with Gasteiger partial charge in [0.2, 0.25) is 0 Å². The highest BCUT2D eigenvalue weighted by Crippen LogP contribution is 2.31. The summed E-state index contributed by atoms with van der Waals surface area (Å²) < 4.78 is 7.68. The molecule has 2 aromatic rings. The number of nitrogens with one attached hydrogen (secondary N) is 1. The van der Waals surface area contributed by atoms with E-state index in [1.807, 2.05) is 18.3 Å². The number of aromatic nitrogens is 2. The van der Waals surface area contributed by atoms with Crippen LogP contribution in [0.2, 0.25) is 0 Å². The lowest BCUT2D eigenvalue weighted by atomic mass is 10.0. The second-order valence-electron chi connectivity index (χ2n) is 6.29. The minimum absolute atomic E-state index is 0.315. The highest BCUT2D eigenvalue weighted by Gasteiger charge is 2.27. The molecule has 1 N–H and O–H groups in total. The van der Waals surface area contributed by atoms with Crippen molar-refractivity contribution in [1.29, 1.82) is 0 Å². The molecular weight excluding hydrogens is 288 g/mol. The summed E-state index contributed by atoms with van der Waals surface area (Å²) in [6, 6.07) is 11.1. The van der Waals surface area contributed by atoms with Crippen LogP contribution in [0, 0.1) is 0 Å². The van der Waals surface area contributed by atoms with Crippen molar-refractivity contribution in [1.82, 2.24) is 20.0 Å². The number of piperazine rings is 1. The lowest BCUT2D eigenvalue weighted by molar-refractivity contribution is 0.146. The molecule has 0 radical (unpaired) electrons. The molecule has 0 spiro atoms. The molecule has 0 amide bonds. The van der Waals surface area contributed by atoms with Gasteiger partial charge in [0, 0.05) is 44.0 Å². The van der Waals surface area contributed by atoms with Gasteiger partial charge in [0.25, 0.3) is 0 Å². The molecular formula is C18H26N4O. The lowest BCUT2D eigenvalue weighted by Crippen LogP contribution is -2.45. The van der Waals surface area contributed by atoms with Crippen LogP contribution in [0.1, 0.15) is 37.2 Å². The number of benzene rings is 1. The van der Waals surface area contributed by atoms with Crippen LogP contribution >= 0.6 is 0 Å². The number of hydrogen-bond donors (Lipinski definition) is 1. The minimum atomic E-state index is 0.315. The van der Waals surface area contributed by atoms with Gasteiger partial charge < -0.3 is 10.1 Å². The number of hydrogen-bond acceptors (Lipinski definition) is 4. The molecule has 23 heavy (non-hydrogen) atoms. The minimum Gasteiger partial charge on any atom is -0.496 e. The standard InChI is InChI=1S/C18H26N4O/c1-14(2)22-15(8-9-20-22)13-21-11-10-19-12-17(21)16-6-4-5-7-18(16)23-3/h4-9,14,17,19H,10-13H2,1-3H3. The first-order chi connectivity index (χ1) is 11.2. The Morgan fingerprint density at radius 1 is 1.30 bits per heavy atom. The van der Waals surface area contributed by atoms with E-state index in [4.69, 9.17) is 4.74 Å². The van der Waals surface area contributed by atoms with Crippen molar-refractivity contribution in [3.8, 4) is 5.75 Å². The molecule has 5 heteroatoms. The number of para-hydroxylation sites is 1.